The molecule has 4 rings (SSSR count). The number of ether oxygens (including phenoxy) is 2. The van der Waals surface area contributed by atoms with Gasteiger partial charge in [-0.05, 0) is 67.4 Å². The number of rotatable bonds is 7. The number of piperidine rings is 1. The second-order valence-electron chi connectivity index (χ2n) is 8.28. The second kappa shape index (κ2) is 11.7. The van der Waals surface area contributed by atoms with Gasteiger partial charge in [0, 0.05) is 29.6 Å². The minimum Gasteiger partial charge on any atom is -0.482 e. The molecule has 0 unspecified atom stereocenters. The molecule has 9 heteroatoms. The van der Waals surface area contributed by atoms with Crippen molar-refractivity contribution in [3.05, 3.63) is 89.2 Å². The molecule has 0 radical (unpaired) electrons. The van der Waals surface area contributed by atoms with Gasteiger partial charge in [-0.25, -0.2) is 9.18 Å². The third kappa shape index (κ3) is 6.60. The van der Waals surface area contributed by atoms with Gasteiger partial charge in [-0.3, -0.25) is 14.9 Å². The highest BCUT2D eigenvalue weighted by Gasteiger charge is 2.28. The van der Waals surface area contributed by atoms with Crippen LogP contribution in [0.2, 0.25) is 5.02 Å². The number of likely N-dealkylation sites (tertiary alicyclic amines) is 1. The number of Topliss-reactive ketones (excluding diaryl/α,β-unsaturated/α-hetero) is 1. The molecule has 0 aliphatic carbocycles. The maximum atomic E-state index is 13.1. The lowest BCUT2D eigenvalue weighted by molar-refractivity contribution is -0.134. The molecule has 3 aromatic carbocycles. The highest BCUT2D eigenvalue weighted by atomic mass is 35.5. The quantitative estimate of drug-likeness (QED) is 0.419. The molecule has 1 fully saturated rings. The van der Waals surface area contributed by atoms with Crippen molar-refractivity contribution in [3.8, 4) is 11.5 Å². The van der Waals surface area contributed by atoms with Gasteiger partial charge >= 0.3 is 6.09 Å². The van der Waals surface area contributed by atoms with E-state index in [1.807, 2.05) is 0 Å². The SMILES string of the molecule is O=C(Nc1cc(Cl)ccc1OCC(=O)N1CCC(C(=O)c2ccc(F)cc2)CC1)Oc1ccccc1. The summed E-state index contributed by atoms with van der Waals surface area (Å²) in [6, 6.07) is 18.7. The highest BCUT2D eigenvalue weighted by molar-refractivity contribution is 6.31. The molecule has 36 heavy (non-hydrogen) atoms. The van der Waals surface area contributed by atoms with E-state index in [2.05, 4.69) is 5.32 Å². The Balaban J connectivity index is 1.30. The normalized spacial score (nSPS) is 13.7. The van der Waals surface area contributed by atoms with E-state index in [9.17, 15) is 18.8 Å². The van der Waals surface area contributed by atoms with Gasteiger partial charge in [0.1, 0.15) is 17.3 Å². The van der Waals surface area contributed by atoms with E-state index in [4.69, 9.17) is 21.1 Å². The van der Waals surface area contributed by atoms with E-state index in [1.54, 1.807) is 47.4 Å². The Morgan fingerprint density at radius 1 is 0.972 bits per heavy atom. The second-order valence-corrected chi connectivity index (χ2v) is 8.72. The predicted octanol–water partition coefficient (Wildman–Crippen LogP) is 5.59. The van der Waals surface area contributed by atoms with Gasteiger partial charge in [0.25, 0.3) is 5.91 Å². The lowest BCUT2D eigenvalue weighted by Crippen LogP contribution is -2.42. The minimum absolute atomic E-state index is 0.0439. The van der Waals surface area contributed by atoms with Crippen molar-refractivity contribution < 1.29 is 28.2 Å². The van der Waals surface area contributed by atoms with Crippen molar-refractivity contribution in [3.63, 3.8) is 0 Å². The Kier molecular flexibility index (Phi) is 8.17. The summed E-state index contributed by atoms with van der Waals surface area (Å²) in [5, 5.41) is 2.96. The molecular weight excluding hydrogens is 487 g/mol. The molecule has 0 bridgehead atoms. The Morgan fingerprint density at radius 2 is 1.67 bits per heavy atom. The Labute approximate surface area is 212 Å². The van der Waals surface area contributed by atoms with E-state index in [-0.39, 0.29) is 41.5 Å². The van der Waals surface area contributed by atoms with E-state index in [1.165, 1.54) is 30.3 Å². The van der Waals surface area contributed by atoms with E-state index in [0.717, 1.165) is 0 Å². The van der Waals surface area contributed by atoms with Crippen LogP contribution < -0.4 is 14.8 Å². The van der Waals surface area contributed by atoms with Crippen LogP contribution in [-0.4, -0.2) is 42.4 Å². The number of anilines is 1. The summed E-state index contributed by atoms with van der Waals surface area (Å²) in [5.74, 6) is -0.259. The number of benzene rings is 3. The van der Waals surface area contributed by atoms with E-state index < -0.39 is 6.09 Å². The van der Waals surface area contributed by atoms with Gasteiger partial charge in [-0.2, -0.15) is 0 Å². The maximum Gasteiger partial charge on any atom is 0.417 e. The molecule has 2 amide bonds. The average Bonchev–Trinajstić information content (AvgIpc) is 2.89. The average molecular weight is 511 g/mol. The number of para-hydroxylation sites is 1. The molecule has 1 aliphatic rings. The molecule has 7 nitrogen and oxygen atoms in total. The van der Waals surface area contributed by atoms with Gasteiger partial charge in [0.2, 0.25) is 0 Å². The Hall–Kier alpha value is -3.91. The van der Waals surface area contributed by atoms with Crippen molar-refractivity contribution in [1.29, 1.82) is 0 Å². The fraction of sp³-hybridized carbons (Fsp3) is 0.222. The van der Waals surface area contributed by atoms with Crippen molar-refractivity contribution in [2.24, 2.45) is 5.92 Å². The molecular formula is C27H24ClFN2O5. The first-order chi connectivity index (χ1) is 17.4. The third-order valence-corrected chi connectivity index (χ3v) is 6.07. The van der Waals surface area contributed by atoms with Gasteiger partial charge in [0.15, 0.2) is 12.4 Å². The molecule has 0 spiro atoms. The van der Waals surface area contributed by atoms with Crippen LogP contribution in [0.1, 0.15) is 23.2 Å². The Bertz CT molecular complexity index is 1230. The number of halogens is 2. The topological polar surface area (TPSA) is 84.9 Å². The first-order valence-corrected chi connectivity index (χ1v) is 11.8. The van der Waals surface area contributed by atoms with Gasteiger partial charge in [0.05, 0.1) is 5.69 Å². The number of nitrogens with zero attached hydrogens (tertiary/aromatic N) is 1. The number of amides is 2. The zero-order valence-electron chi connectivity index (χ0n) is 19.3. The van der Waals surface area contributed by atoms with Gasteiger partial charge < -0.3 is 14.4 Å². The van der Waals surface area contributed by atoms with E-state index in [0.29, 0.717) is 42.3 Å². The largest absolute Gasteiger partial charge is 0.482 e. The lowest BCUT2D eigenvalue weighted by atomic mass is 9.89. The van der Waals surface area contributed by atoms with Crippen LogP contribution >= 0.6 is 11.6 Å². The van der Waals surface area contributed by atoms with Gasteiger partial charge in [-0.15, -0.1) is 0 Å². The molecule has 3 aromatic rings. The summed E-state index contributed by atoms with van der Waals surface area (Å²) in [5.41, 5.74) is 0.734. The van der Waals surface area contributed by atoms with Crippen LogP contribution in [0.5, 0.6) is 11.5 Å². The first-order valence-electron chi connectivity index (χ1n) is 11.4. The van der Waals surface area contributed by atoms with Crippen molar-refractivity contribution >= 4 is 35.1 Å². The number of nitrogens with one attached hydrogen (secondary N) is 1. The minimum atomic E-state index is -0.729. The van der Waals surface area contributed by atoms with Crippen LogP contribution in [0.4, 0.5) is 14.9 Å². The standard InChI is InChI=1S/C27H24ClFN2O5/c28-20-8-11-24(23(16-20)30-27(34)36-22-4-2-1-3-5-22)35-17-25(32)31-14-12-19(13-15-31)26(33)18-6-9-21(29)10-7-18/h1-11,16,19H,12-15,17H2,(H,30,34). The van der Waals surface area contributed by atoms with Crippen molar-refractivity contribution in [1.82, 2.24) is 4.90 Å². The van der Waals surface area contributed by atoms with Crippen molar-refractivity contribution in [2.75, 3.05) is 25.0 Å². The summed E-state index contributed by atoms with van der Waals surface area (Å²) in [6.07, 6.45) is 0.301. The molecule has 1 N–H and O–H groups in total. The zero-order valence-corrected chi connectivity index (χ0v) is 20.0. The highest BCUT2D eigenvalue weighted by Crippen LogP contribution is 2.29. The summed E-state index contributed by atoms with van der Waals surface area (Å²) in [4.78, 5) is 39.3. The summed E-state index contributed by atoms with van der Waals surface area (Å²) in [6.45, 7) is 0.574. The fourth-order valence-electron chi connectivity index (χ4n) is 3.93. The molecule has 1 saturated heterocycles. The molecule has 1 aliphatic heterocycles. The van der Waals surface area contributed by atoms with Crippen LogP contribution in [0.25, 0.3) is 0 Å². The monoisotopic (exact) mass is 510 g/mol. The molecule has 1 heterocycles. The van der Waals surface area contributed by atoms with Crippen molar-refractivity contribution in [2.45, 2.75) is 12.8 Å². The summed E-state index contributed by atoms with van der Waals surface area (Å²) in [7, 11) is 0. The van der Waals surface area contributed by atoms with Crippen LogP contribution in [-0.2, 0) is 4.79 Å². The number of carbonyl (C=O) groups is 3. The molecule has 0 aromatic heterocycles. The number of ketones is 1. The lowest BCUT2D eigenvalue weighted by Gasteiger charge is -2.31. The predicted molar refractivity (Wildman–Crippen MR) is 133 cm³/mol. The third-order valence-electron chi connectivity index (χ3n) is 5.83. The molecule has 0 atom stereocenters. The summed E-state index contributed by atoms with van der Waals surface area (Å²) >= 11 is 6.07. The first kappa shape index (κ1) is 25.2. The van der Waals surface area contributed by atoms with Crippen LogP contribution in [0.15, 0.2) is 72.8 Å². The number of carbonyl (C=O) groups excluding carboxylic acids is 3. The Morgan fingerprint density at radius 3 is 2.36 bits per heavy atom. The number of hydrogen-bond acceptors (Lipinski definition) is 5. The van der Waals surface area contributed by atoms with E-state index >= 15 is 0 Å². The van der Waals surface area contributed by atoms with Crippen LogP contribution in [0.3, 0.4) is 0 Å². The maximum absolute atomic E-state index is 13.1. The smallest absolute Gasteiger partial charge is 0.417 e. The van der Waals surface area contributed by atoms with Gasteiger partial charge in [-0.1, -0.05) is 29.8 Å². The fourth-order valence-corrected chi connectivity index (χ4v) is 4.10. The summed E-state index contributed by atoms with van der Waals surface area (Å²) < 4.78 is 24.0. The number of hydrogen-bond donors (Lipinski definition) is 1. The zero-order chi connectivity index (χ0) is 25.5. The van der Waals surface area contributed by atoms with Crippen LogP contribution in [0, 0.1) is 11.7 Å². The molecule has 0 saturated carbocycles. The molecule has 186 valence electrons.